The first kappa shape index (κ1) is 23.4. The van der Waals surface area contributed by atoms with Gasteiger partial charge in [0.2, 0.25) is 0 Å². The zero-order chi connectivity index (χ0) is 22.9. The van der Waals surface area contributed by atoms with Gasteiger partial charge in [0.1, 0.15) is 12.4 Å². The Hall–Kier alpha value is -3.31. The van der Waals surface area contributed by atoms with Crippen LogP contribution in [0.5, 0.6) is 5.75 Å². The van der Waals surface area contributed by atoms with Crippen LogP contribution in [-0.4, -0.2) is 22.2 Å². The van der Waals surface area contributed by atoms with Gasteiger partial charge in [-0.25, -0.2) is 4.79 Å². The molecule has 1 aliphatic rings. The summed E-state index contributed by atoms with van der Waals surface area (Å²) in [6.45, 7) is 0.146. The van der Waals surface area contributed by atoms with Gasteiger partial charge in [-0.15, -0.1) is 0 Å². The Kier molecular flexibility index (Phi) is 8.28. The van der Waals surface area contributed by atoms with Crippen LogP contribution in [0, 0.1) is 5.92 Å². The summed E-state index contributed by atoms with van der Waals surface area (Å²) in [7, 11) is 0. The van der Waals surface area contributed by atoms with Crippen LogP contribution >= 0.6 is 11.6 Å². The third-order valence-electron chi connectivity index (χ3n) is 5.37. The number of aliphatic carboxylic acids is 1. The Morgan fingerprint density at radius 1 is 0.875 bits per heavy atom. The molecule has 6 heteroatoms. The summed E-state index contributed by atoms with van der Waals surface area (Å²) in [5.74, 6) is -1.08. The van der Waals surface area contributed by atoms with Gasteiger partial charge in [-0.1, -0.05) is 79.0 Å². The van der Waals surface area contributed by atoms with Gasteiger partial charge in [0.05, 0.1) is 16.5 Å². The maximum atomic E-state index is 11.2. The molecule has 3 aromatic rings. The highest BCUT2D eigenvalue weighted by Crippen LogP contribution is 2.31. The van der Waals surface area contributed by atoms with Crippen LogP contribution in [0.25, 0.3) is 11.1 Å². The van der Waals surface area contributed by atoms with E-state index in [9.17, 15) is 14.7 Å². The minimum atomic E-state index is -0.972. The topological polar surface area (TPSA) is 83.8 Å². The molecule has 1 fully saturated rings. The van der Waals surface area contributed by atoms with Crippen LogP contribution in [0.4, 0.5) is 0 Å². The van der Waals surface area contributed by atoms with E-state index in [2.05, 4.69) is 0 Å². The maximum Gasteiger partial charge on any atom is 0.336 e. The van der Waals surface area contributed by atoms with E-state index in [0.717, 1.165) is 36.8 Å². The minimum Gasteiger partial charge on any atom is -0.487 e. The highest BCUT2D eigenvalue weighted by Gasteiger charge is 2.21. The monoisotopic (exact) mass is 452 g/mol. The molecule has 0 radical (unpaired) electrons. The third kappa shape index (κ3) is 6.34. The number of hydrogen-bond donors (Lipinski definition) is 2. The van der Waals surface area contributed by atoms with Gasteiger partial charge in [0, 0.05) is 5.56 Å². The lowest BCUT2D eigenvalue weighted by Gasteiger charge is -2.11. The van der Waals surface area contributed by atoms with E-state index in [1.807, 2.05) is 42.5 Å². The number of rotatable bonds is 6. The summed E-state index contributed by atoms with van der Waals surface area (Å²) in [5, 5.41) is 18.1. The molecular formula is C26H25ClO5. The minimum absolute atomic E-state index is 0.0185. The van der Waals surface area contributed by atoms with Crippen molar-refractivity contribution in [2.45, 2.75) is 32.3 Å². The molecule has 4 rings (SSSR count). The fourth-order valence-electron chi connectivity index (χ4n) is 3.61. The second-order valence-electron chi connectivity index (χ2n) is 7.58. The van der Waals surface area contributed by atoms with Gasteiger partial charge < -0.3 is 14.9 Å². The summed E-state index contributed by atoms with van der Waals surface area (Å²) >= 11 is 6.31. The van der Waals surface area contributed by atoms with E-state index >= 15 is 0 Å². The van der Waals surface area contributed by atoms with Crippen LogP contribution in [0.3, 0.4) is 0 Å². The van der Waals surface area contributed by atoms with Crippen LogP contribution in [-0.2, 0) is 11.4 Å². The summed E-state index contributed by atoms with van der Waals surface area (Å²) in [6.07, 6.45) is 4.01. The van der Waals surface area contributed by atoms with Crippen LogP contribution in [0.15, 0.2) is 72.8 Å². The predicted octanol–water partition coefficient (Wildman–Crippen LogP) is 6.55. The van der Waals surface area contributed by atoms with Crippen molar-refractivity contribution < 1.29 is 24.5 Å². The Bertz CT molecular complexity index is 1060. The van der Waals surface area contributed by atoms with Gasteiger partial charge in [-0.2, -0.15) is 0 Å². The molecule has 0 spiro atoms. The zero-order valence-electron chi connectivity index (χ0n) is 17.5. The first-order valence-corrected chi connectivity index (χ1v) is 10.9. The van der Waals surface area contributed by atoms with Gasteiger partial charge in [-0.3, -0.25) is 4.79 Å². The number of halogens is 1. The molecule has 166 valence electrons. The molecule has 0 atom stereocenters. The number of carboxylic acids is 2. The van der Waals surface area contributed by atoms with Crippen molar-refractivity contribution in [2.75, 3.05) is 0 Å². The largest absolute Gasteiger partial charge is 0.487 e. The van der Waals surface area contributed by atoms with Gasteiger partial charge in [0.25, 0.3) is 0 Å². The van der Waals surface area contributed by atoms with Crippen molar-refractivity contribution in [3.05, 3.63) is 88.9 Å². The van der Waals surface area contributed by atoms with Crippen molar-refractivity contribution >= 4 is 23.5 Å². The molecule has 1 saturated carbocycles. The molecule has 0 saturated heterocycles. The van der Waals surface area contributed by atoms with E-state index in [4.69, 9.17) is 21.4 Å². The quantitative estimate of drug-likeness (QED) is 0.443. The fraction of sp³-hybridized carbons (Fsp3) is 0.231. The summed E-state index contributed by atoms with van der Waals surface area (Å²) in [4.78, 5) is 21.4. The number of benzene rings is 3. The Morgan fingerprint density at radius 2 is 1.53 bits per heavy atom. The van der Waals surface area contributed by atoms with E-state index in [1.54, 1.807) is 30.3 Å². The van der Waals surface area contributed by atoms with Crippen molar-refractivity contribution in [3.8, 4) is 16.9 Å². The Labute approximate surface area is 192 Å². The molecule has 0 unspecified atom stereocenters. The lowest BCUT2D eigenvalue weighted by Crippen LogP contribution is -2.07. The number of carbonyl (C=O) groups is 2. The standard InChI is InChI=1S/C20H15ClO3.C6H10O2/c21-18-12-15(14-6-2-1-3-7-14)10-11-19(18)24-13-16-8-4-5-9-17(16)20(22)23;7-6(8)5-3-1-2-4-5/h1-12H,13H2,(H,22,23);5H,1-4H2,(H,7,8). The molecule has 3 aromatic carbocycles. The molecule has 5 nitrogen and oxygen atoms in total. The molecule has 0 bridgehead atoms. The second-order valence-corrected chi connectivity index (χ2v) is 7.99. The van der Waals surface area contributed by atoms with E-state index in [0.29, 0.717) is 16.3 Å². The highest BCUT2D eigenvalue weighted by molar-refractivity contribution is 6.32. The summed E-state index contributed by atoms with van der Waals surface area (Å²) in [6, 6.07) is 22.2. The van der Waals surface area contributed by atoms with Gasteiger partial charge in [0.15, 0.2) is 0 Å². The van der Waals surface area contributed by atoms with Crippen LogP contribution < -0.4 is 4.74 Å². The first-order valence-electron chi connectivity index (χ1n) is 10.5. The molecular weight excluding hydrogens is 428 g/mol. The Balaban J connectivity index is 0.000000305. The summed E-state index contributed by atoms with van der Waals surface area (Å²) in [5.41, 5.74) is 2.91. The summed E-state index contributed by atoms with van der Waals surface area (Å²) < 4.78 is 5.71. The van der Waals surface area contributed by atoms with Crippen LogP contribution in [0.1, 0.15) is 41.6 Å². The molecule has 0 aromatic heterocycles. The smallest absolute Gasteiger partial charge is 0.336 e. The average Bonchev–Trinajstić information content (AvgIpc) is 3.35. The number of carboxylic acid groups (broad SMARTS) is 2. The van der Waals surface area contributed by atoms with Crippen molar-refractivity contribution in [1.82, 2.24) is 0 Å². The van der Waals surface area contributed by atoms with Crippen molar-refractivity contribution in [1.29, 1.82) is 0 Å². The molecule has 0 aliphatic heterocycles. The zero-order valence-corrected chi connectivity index (χ0v) is 18.3. The number of aromatic carboxylic acids is 1. The van der Waals surface area contributed by atoms with E-state index in [-0.39, 0.29) is 18.1 Å². The van der Waals surface area contributed by atoms with Gasteiger partial charge in [-0.05, 0) is 42.2 Å². The lowest BCUT2D eigenvalue weighted by molar-refractivity contribution is -0.141. The first-order chi connectivity index (χ1) is 15.5. The van der Waals surface area contributed by atoms with Crippen molar-refractivity contribution in [2.24, 2.45) is 5.92 Å². The number of hydrogen-bond acceptors (Lipinski definition) is 3. The number of ether oxygens (including phenoxy) is 1. The highest BCUT2D eigenvalue weighted by atomic mass is 35.5. The lowest BCUT2D eigenvalue weighted by atomic mass is 10.1. The van der Waals surface area contributed by atoms with Crippen LogP contribution in [0.2, 0.25) is 5.02 Å². The molecule has 32 heavy (non-hydrogen) atoms. The molecule has 0 heterocycles. The normalized spacial score (nSPS) is 13.2. The predicted molar refractivity (Wildman–Crippen MR) is 124 cm³/mol. The van der Waals surface area contributed by atoms with Crippen molar-refractivity contribution in [3.63, 3.8) is 0 Å². The Morgan fingerprint density at radius 3 is 2.12 bits per heavy atom. The fourth-order valence-corrected chi connectivity index (χ4v) is 3.85. The SMILES string of the molecule is O=C(O)C1CCCC1.O=C(O)c1ccccc1COc1ccc(-c2ccccc2)cc1Cl. The third-order valence-corrected chi connectivity index (χ3v) is 5.67. The van der Waals surface area contributed by atoms with E-state index in [1.165, 1.54) is 0 Å². The molecule has 2 N–H and O–H groups in total. The maximum absolute atomic E-state index is 11.2. The second kappa shape index (κ2) is 11.3. The average molecular weight is 453 g/mol. The van der Waals surface area contributed by atoms with Gasteiger partial charge >= 0.3 is 11.9 Å². The van der Waals surface area contributed by atoms with E-state index < -0.39 is 11.9 Å². The molecule has 0 amide bonds. The molecule has 1 aliphatic carbocycles.